The lowest BCUT2D eigenvalue weighted by Crippen LogP contribution is -2.57. The molecule has 2 bridgehead atoms. The van der Waals surface area contributed by atoms with Crippen LogP contribution < -0.4 is 20.3 Å². The minimum atomic E-state index is -3.90. The number of aromatic nitrogens is 1. The number of amides is 3. The van der Waals surface area contributed by atoms with Gasteiger partial charge >= 0.3 is 5.97 Å². The highest BCUT2D eigenvalue weighted by Crippen LogP contribution is 2.46. The van der Waals surface area contributed by atoms with Gasteiger partial charge in [-0.3, -0.25) is 33.3 Å². The van der Waals surface area contributed by atoms with Gasteiger partial charge in [0.2, 0.25) is 21.8 Å². The van der Waals surface area contributed by atoms with Crippen molar-refractivity contribution < 1.29 is 37.1 Å². The SMILES string of the molecule is C=C[C@@H]1C[C@]1(NC(=O)[C@@H]1C[C@@H]2CN1C(=O)[C@H](C1CCCC1)CC(=O)O[C@@H]1CCC[C@H]1CCCCCCn1c(cc3ccccc3c1=O)O2)C(=O)NS(=O)(=O)C1CC1. The van der Waals surface area contributed by atoms with Crippen LogP contribution in [0.4, 0.5) is 0 Å². The molecule has 2 aromatic rings. The van der Waals surface area contributed by atoms with Crippen molar-refractivity contribution >= 4 is 44.5 Å². The zero-order valence-electron chi connectivity index (χ0n) is 32.7. The number of nitrogens with one attached hydrogen (secondary N) is 2. The summed E-state index contributed by atoms with van der Waals surface area (Å²) in [5.74, 6) is -2.81. The fourth-order valence-corrected chi connectivity index (χ4v) is 11.5. The van der Waals surface area contributed by atoms with Crippen LogP contribution >= 0.6 is 0 Å². The van der Waals surface area contributed by atoms with Crippen LogP contribution in [-0.2, 0) is 40.5 Å². The lowest BCUT2D eigenvalue weighted by molar-refractivity contribution is -0.156. The Morgan fingerprint density at radius 1 is 0.877 bits per heavy atom. The molecule has 6 aliphatic rings. The number of carbonyl (C=O) groups excluding carboxylic acids is 4. The standard InChI is InChI=1S/C43H56N4O9S/c1-2-30-25-43(30,42(52)45-57(53,54)32-19-20-32)44-39(49)35-23-31-26-47(35)41(51)34(27-12-6-7-13-27)24-38(48)56-36-18-11-16-28(36)14-5-3-4-10-21-46-37(55-31)22-29-15-8-9-17-33(29)40(46)50/h2,8-9,15,17,22,27-28,30-32,34-36H,1,3-7,10-14,16,18-21,23-26H2,(H,44,49)(H,45,52)/t28-,30-,31-,34+,35+,36-,43-/m1/s1. The number of esters is 1. The molecule has 2 aliphatic heterocycles. The van der Waals surface area contributed by atoms with E-state index in [1.807, 2.05) is 24.3 Å². The highest BCUT2D eigenvalue weighted by molar-refractivity contribution is 7.91. The highest BCUT2D eigenvalue weighted by Gasteiger charge is 2.62. The molecule has 1 saturated heterocycles. The number of rotatable bonds is 7. The van der Waals surface area contributed by atoms with E-state index < -0.39 is 56.6 Å². The first-order chi connectivity index (χ1) is 27.5. The van der Waals surface area contributed by atoms with Crippen molar-refractivity contribution in [3.05, 3.63) is 53.3 Å². The fourth-order valence-electron chi connectivity index (χ4n) is 10.1. The first-order valence-corrected chi connectivity index (χ1v) is 22.8. The Labute approximate surface area is 334 Å². The van der Waals surface area contributed by atoms with Gasteiger partial charge in [0.05, 0.1) is 24.1 Å². The molecule has 3 amide bonds. The molecule has 8 rings (SSSR count). The highest BCUT2D eigenvalue weighted by atomic mass is 32.2. The monoisotopic (exact) mass is 804 g/mol. The van der Waals surface area contributed by atoms with Gasteiger partial charge in [-0.1, -0.05) is 56.4 Å². The largest absolute Gasteiger partial charge is 0.473 e. The molecule has 0 spiro atoms. The van der Waals surface area contributed by atoms with Crippen LogP contribution in [0.5, 0.6) is 5.88 Å². The van der Waals surface area contributed by atoms with E-state index in [0.29, 0.717) is 30.7 Å². The molecule has 308 valence electrons. The summed E-state index contributed by atoms with van der Waals surface area (Å²) in [6, 6.07) is 8.10. The van der Waals surface area contributed by atoms with E-state index in [9.17, 15) is 32.4 Å². The molecule has 14 heteroatoms. The Bertz CT molecular complexity index is 2070. The van der Waals surface area contributed by atoms with Crippen LogP contribution in [0.2, 0.25) is 0 Å². The number of ether oxygens (including phenoxy) is 2. The van der Waals surface area contributed by atoms with Crippen LogP contribution in [0.25, 0.3) is 10.8 Å². The van der Waals surface area contributed by atoms with Crippen LogP contribution in [0, 0.1) is 23.7 Å². The topological polar surface area (TPSA) is 170 Å². The summed E-state index contributed by atoms with van der Waals surface area (Å²) in [5, 5.41) is 3.53. The molecule has 2 N–H and O–H groups in total. The fraction of sp³-hybridized carbons (Fsp3) is 0.651. The molecule has 5 fully saturated rings. The molecule has 3 heterocycles. The zero-order chi connectivity index (χ0) is 39.9. The van der Waals surface area contributed by atoms with E-state index in [2.05, 4.69) is 16.6 Å². The van der Waals surface area contributed by atoms with E-state index in [4.69, 9.17) is 9.47 Å². The van der Waals surface area contributed by atoms with Crippen molar-refractivity contribution in [2.24, 2.45) is 23.7 Å². The molecule has 4 aliphatic carbocycles. The van der Waals surface area contributed by atoms with Crippen molar-refractivity contribution in [1.29, 1.82) is 0 Å². The maximum absolute atomic E-state index is 14.9. The summed E-state index contributed by atoms with van der Waals surface area (Å²) in [5.41, 5.74) is -1.71. The molecule has 1 aromatic carbocycles. The quantitative estimate of drug-likeness (QED) is 0.292. The van der Waals surface area contributed by atoms with E-state index in [1.54, 1.807) is 10.6 Å². The van der Waals surface area contributed by atoms with Crippen molar-refractivity contribution in [2.45, 2.75) is 145 Å². The third-order valence-electron chi connectivity index (χ3n) is 13.6. The predicted molar refractivity (Wildman–Crippen MR) is 212 cm³/mol. The number of hydrogen-bond donors (Lipinski definition) is 2. The second-order valence-electron chi connectivity index (χ2n) is 17.5. The van der Waals surface area contributed by atoms with Crippen LogP contribution in [0.3, 0.4) is 0 Å². The molecule has 57 heavy (non-hydrogen) atoms. The molecule has 4 saturated carbocycles. The second-order valence-corrected chi connectivity index (χ2v) is 19.4. The van der Waals surface area contributed by atoms with Crippen molar-refractivity contribution in [3.8, 4) is 5.88 Å². The molecular formula is C43H56N4O9S. The van der Waals surface area contributed by atoms with Gasteiger partial charge in [-0.25, -0.2) is 8.42 Å². The van der Waals surface area contributed by atoms with Crippen molar-refractivity contribution in [3.63, 3.8) is 0 Å². The third kappa shape index (κ3) is 8.25. The van der Waals surface area contributed by atoms with Gasteiger partial charge in [-0.05, 0) is 87.5 Å². The molecular weight excluding hydrogens is 749 g/mol. The maximum Gasteiger partial charge on any atom is 0.306 e. The number of carbonyl (C=O) groups is 4. The number of sulfonamides is 1. The number of hydrogen-bond acceptors (Lipinski definition) is 9. The number of nitrogens with zero attached hydrogens (tertiary/aromatic N) is 2. The van der Waals surface area contributed by atoms with E-state index >= 15 is 0 Å². The minimum absolute atomic E-state index is 0.0149. The smallest absolute Gasteiger partial charge is 0.306 e. The molecule has 13 nitrogen and oxygen atoms in total. The number of fused-ring (bicyclic) bond motifs is 5. The number of pyridine rings is 1. The summed E-state index contributed by atoms with van der Waals surface area (Å²) in [6.45, 7) is 4.27. The van der Waals surface area contributed by atoms with Crippen LogP contribution in [0.1, 0.15) is 109 Å². The lowest BCUT2D eigenvalue weighted by atomic mass is 9.86. The normalized spacial score (nSPS) is 31.5. The Kier molecular flexibility index (Phi) is 11.3. The van der Waals surface area contributed by atoms with Gasteiger partial charge in [-0.2, -0.15) is 0 Å². The predicted octanol–water partition coefficient (Wildman–Crippen LogP) is 4.89. The molecule has 1 aromatic heterocycles. The van der Waals surface area contributed by atoms with Gasteiger partial charge in [-0.15, -0.1) is 6.58 Å². The van der Waals surface area contributed by atoms with Crippen LogP contribution in [-0.4, -0.2) is 77.2 Å². The van der Waals surface area contributed by atoms with Crippen LogP contribution in [0.15, 0.2) is 47.8 Å². The molecule has 0 radical (unpaired) electrons. The number of benzene rings is 1. The Morgan fingerprint density at radius 3 is 2.35 bits per heavy atom. The maximum atomic E-state index is 14.9. The zero-order valence-corrected chi connectivity index (χ0v) is 33.5. The first-order valence-electron chi connectivity index (χ1n) is 21.3. The summed E-state index contributed by atoms with van der Waals surface area (Å²) in [6.07, 6.45) is 12.6. The average Bonchev–Trinajstić information content (AvgIpc) is 3.98. The average molecular weight is 805 g/mol. The Hall–Kier alpha value is -4.20. The van der Waals surface area contributed by atoms with Gasteiger partial charge in [0.15, 0.2) is 5.88 Å². The summed E-state index contributed by atoms with van der Waals surface area (Å²) in [4.78, 5) is 72.3. The van der Waals surface area contributed by atoms with Gasteiger partial charge in [0.25, 0.3) is 11.5 Å². The van der Waals surface area contributed by atoms with E-state index in [1.165, 1.54) is 11.0 Å². The van der Waals surface area contributed by atoms with Crippen molar-refractivity contribution in [1.82, 2.24) is 19.5 Å². The van der Waals surface area contributed by atoms with E-state index in [0.717, 1.165) is 82.4 Å². The van der Waals surface area contributed by atoms with Crippen molar-refractivity contribution in [2.75, 3.05) is 6.54 Å². The van der Waals surface area contributed by atoms with E-state index in [-0.39, 0.29) is 61.2 Å². The summed E-state index contributed by atoms with van der Waals surface area (Å²) >= 11 is 0. The Morgan fingerprint density at radius 2 is 1.60 bits per heavy atom. The molecule has 0 unspecified atom stereocenters. The van der Waals surface area contributed by atoms with Gasteiger partial charge in [0, 0.05) is 30.3 Å². The minimum Gasteiger partial charge on any atom is -0.473 e. The summed E-state index contributed by atoms with van der Waals surface area (Å²) in [7, 11) is -3.90. The Balaban J connectivity index is 1.13. The van der Waals surface area contributed by atoms with Gasteiger partial charge in [0.1, 0.15) is 23.8 Å². The lowest BCUT2D eigenvalue weighted by Gasteiger charge is -2.32. The summed E-state index contributed by atoms with van der Waals surface area (Å²) < 4.78 is 42.3. The third-order valence-corrected chi connectivity index (χ3v) is 15.4. The second kappa shape index (κ2) is 16.2. The molecule has 7 atom stereocenters. The van der Waals surface area contributed by atoms with Gasteiger partial charge < -0.3 is 19.7 Å². The first kappa shape index (κ1) is 39.6.